The number of anilines is 1. The number of nitrogens with one attached hydrogen (secondary N) is 1. The van der Waals surface area contributed by atoms with E-state index in [2.05, 4.69) is 26.3 Å². The van der Waals surface area contributed by atoms with Crippen LogP contribution in [0.2, 0.25) is 5.02 Å². The van der Waals surface area contributed by atoms with Gasteiger partial charge >= 0.3 is 0 Å². The highest BCUT2D eigenvalue weighted by Gasteiger charge is 2.20. The van der Waals surface area contributed by atoms with Gasteiger partial charge in [0, 0.05) is 55.0 Å². The zero-order chi connectivity index (χ0) is 22.1. The summed E-state index contributed by atoms with van der Waals surface area (Å²) in [6.45, 7) is 2.97. The molecule has 3 N–H and O–H groups in total. The van der Waals surface area contributed by atoms with Gasteiger partial charge in [-0.25, -0.2) is 4.98 Å². The minimum atomic E-state index is -0.120. The monoisotopic (exact) mass is 479 g/mol. The minimum absolute atomic E-state index is 0. The number of benzene rings is 1. The van der Waals surface area contributed by atoms with E-state index in [-0.39, 0.29) is 13.3 Å². The molecule has 8 heteroatoms. The summed E-state index contributed by atoms with van der Waals surface area (Å²) in [6, 6.07) is 11.7. The topological polar surface area (TPSA) is 84.1 Å². The van der Waals surface area contributed by atoms with Crippen molar-refractivity contribution in [1.82, 2.24) is 20.2 Å². The first-order valence-electron chi connectivity index (χ1n) is 10.4. The van der Waals surface area contributed by atoms with Crippen molar-refractivity contribution in [2.75, 3.05) is 12.3 Å². The van der Waals surface area contributed by atoms with Crippen LogP contribution in [0.5, 0.6) is 0 Å². The van der Waals surface area contributed by atoms with Crippen molar-refractivity contribution in [3.8, 4) is 0 Å². The smallest absolute Gasteiger partial charge is 0.261 e. The first-order chi connectivity index (χ1) is 15.6. The van der Waals surface area contributed by atoms with Gasteiger partial charge in [0.1, 0.15) is 5.82 Å². The lowest BCUT2D eigenvalue weighted by Gasteiger charge is -2.28. The standard InChI is InChI=1S/C24H22ClN5OS.CH4/c25-20-10-21(32-22(20)14-30-8-5-16-3-6-27-12-18(16)13-30)24(31)29-11-15-1-2-19-17(9-15)4-7-28-23(19)26;/h1-4,6-7,9-10,12H,5,8,11,13-14H2,(H2,26,28)(H,29,31);1H4. The van der Waals surface area contributed by atoms with Gasteiger partial charge in [-0.15, -0.1) is 11.3 Å². The van der Waals surface area contributed by atoms with Crippen LogP contribution in [0.3, 0.4) is 0 Å². The third-order valence-electron chi connectivity index (χ3n) is 5.76. The molecule has 0 unspecified atom stereocenters. The molecule has 0 fully saturated rings. The number of thiophene rings is 1. The van der Waals surface area contributed by atoms with E-state index >= 15 is 0 Å². The second-order valence-electron chi connectivity index (χ2n) is 7.92. The fourth-order valence-corrected chi connectivity index (χ4v) is 5.40. The molecule has 4 aromatic rings. The predicted octanol–water partition coefficient (Wildman–Crippen LogP) is 5.05. The average molecular weight is 480 g/mol. The number of nitrogens with two attached hydrogens (primary N) is 1. The Bertz CT molecular complexity index is 1310. The summed E-state index contributed by atoms with van der Waals surface area (Å²) >= 11 is 7.94. The normalized spacial score (nSPS) is 13.4. The first kappa shape index (κ1) is 23.2. The molecule has 0 spiro atoms. The van der Waals surface area contributed by atoms with Gasteiger partial charge in [-0.05, 0) is 52.8 Å². The Morgan fingerprint density at radius 1 is 1.18 bits per heavy atom. The number of fused-ring (bicyclic) bond motifs is 2. The molecule has 1 aromatic carbocycles. The van der Waals surface area contributed by atoms with Gasteiger partial charge in [-0.1, -0.05) is 31.2 Å². The van der Waals surface area contributed by atoms with Gasteiger partial charge in [-0.2, -0.15) is 0 Å². The van der Waals surface area contributed by atoms with Crippen molar-refractivity contribution < 1.29 is 4.79 Å². The highest BCUT2D eigenvalue weighted by atomic mass is 35.5. The average Bonchev–Trinajstić information content (AvgIpc) is 3.17. The van der Waals surface area contributed by atoms with E-state index in [1.54, 1.807) is 12.3 Å². The lowest BCUT2D eigenvalue weighted by molar-refractivity contribution is 0.0955. The van der Waals surface area contributed by atoms with Gasteiger partial charge in [0.2, 0.25) is 0 Å². The maximum atomic E-state index is 12.7. The molecule has 1 aliphatic rings. The molecule has 0 atom stereocenters. The van der Waals surface area contributed by atoms with Gasteiger partial charge in [0.15, 0.2) is 0 Å². The minimum Gasteiger partial charge on any atom is -0.383 e. The Balaban J connectivity index is 0.00000259. The number of hydrogen-bond donors (Lipinski definition) is 2. The second-order valence-corrected chi connectivity index (χ2v) is 9.47. The Morgan fingerprint density at radius 3 is 2.94 bits per heavy atom. The van der Waals surface area contributed by atoms with Crippen molar-refractivity contribution in [3.05, 3.63) is 86.5 Å². The molecule has 1 aliphatic heterocycles. The quantitative estimate of drug-likeness (QED) is 0.418. The van der Waals surface area contributed by atoms with E-state index in [1.807, 2.05) is 36.7 Å². The number of pyridine rings is 2. The number of nitrogen functional groups attached to an aromatic ring is 1. The summed E-state index contributed by atoms with van der Waals surface area (Å²) in [7, 11) is 0. The molecule has 0 saturated heterocycles. The summed E-state index contributed by atoms with van der Waals surface area (Å²) in [6.07, 6.45) is 6.47. The molecule has 4 heterocycles. The Labute approximate surface area is 202 Å². The third-order valence-corrected chi connectivity index (χ3v) is 7.32. The number of nitrogens with zero attached hydrogens (tertiary/aromatic N) is 3. The summed E-state index contributed by atoms with van der Waals surface area (Å²) < 4.78 is 0. The number of aromatic nitrogens is 2. The highest BCUT2D eigenvalue weighted by Crippen LogP contribution is 2.30. The van der Waals surface area contributed by atoms with Gasteiger partial charge < -0.3 is 11.1 Å². The molecule has 6 nitrogen and oxygen atoms in total. The largest absolute Gasteiger partial charge is 0.383 e. The number of carbonyl (C=O) groups is 1. The maximum absolute atomic E-state index is 12.7. The Kier molecular flexibility index (Phi) is 6.93. The number of halogens is 1. The van der Waals surface area contributed by atoms with Crippen LogP contribution in [0, 0.1) is 0 Å². The lowest BCUT2D eigenvalue weighted by atomic mass is 10.0. The van der Waals surface area contributed by atoms with E-state index in [1.165, 1.54) is 22.5 Å². The third kappa shape index (κ3) is 5.00. The van der Waals surface area contributed by atoms with E-state index in [0.717, 1.165) is 47.3 Å². The van der Waals surface area contributed by atoms with Gasteiger partial charge in [-0.3, -0.25) is 14.7 Å². The molecule has 170 valence electrons. The summed E-state index contributed by atoms with van der Waals surface area (Å²) in [5.41, 5.74) is 9.54. The van der Waals surface area contributed by atoms with Crippen LogP contribution in [0.25, 0.3) is 10.8 Å². The van der Waals surface area contributed by atoms with Crippen LogP contribution in [0.1, 0.15) is 38.7 Å². The molecular weight excluding hydrogens is 454 g/mol. The molecule has 0 bridgehead atoms. The van der Waals surface area contributed by atoms with E-state index < -0.39 is 0 Å². The Morgan fingerprint density at radius 2 is 2.06 bits per heavy atom. The first-order valence-corrected chi connectivity index (χ1v) is 11.6. The molecule has 0 saturated carbocycles. The highest BCUT2D eigenvalue weighted by molar-refractivity contribution is 7.14. The Hall–Kier alpha value is -3.00. The van der Waals surface area contributed by atoms with Crippen molar-refractivity contribution in [3.63, 3.8) is 0 Å². The molecule has 3 aromatic heterocycles. The van der Waals surface area contributed by atoms with Crippen LogP contribution in [0.4, 0.5) is 5.82 Å². The van der Waals surface area contributed by atoms with Gasteiger partial charge in [0.25, 0.3) is 5.91 Å². The van der Waals surface area contributed by atoms with Crippen molar-refractivity contribution in [2.45, 2.75) is 33.5 Å². The van der Waals surface area contributed by atoms with Crippen molar-refractivity contribution >= 4 is 45.4 Å². The van der Waals surface area contributed by atoms with E-state index in [0.29, 0.717) is 22.3 Å². The van der Waals surface area contributed by atoms with E-state index in [9.17, 15) is 4.79 Å². The number of rotatable bonds is 5. The molecule has 1 amide bonds. The second kappa shape index (κ2) is 9.87. The fourth-order valence-electron chi connectivity index (χ4n) is 4.04. The number of amides is 1. The van der Waals surface area contributed by atoms with Crippen LogP contribution in [-0.4, -0.2) is 27.3 Å². The molecule has 33 heavy (non-hydrogen) atoms. The zero-order valence-electron chi connectivity index (χ0n) is 17.3. The van der Waals surface area contributed by atoms with Crippen LogP contribution in [0.15, 0.2) is 55.0 Å². The summed E-state index contributed by atoms with van der Waals surface area (Å²) in [4.78, 5) is 25.1. The van der Waals surface area contributed by atoms with Crippen LogP contribution >= 0.6 is 22.9 Å². The maximum Gasteiger partial charge on any atom is 0.261 e. The van der Waals surface area contributed by atoms with Gasteiger partial charge in [0.05, 0.1) is 9.90 Å². The molecule has 0 radical (unpaired) electrons. The molecule has 5 rings (SSSR count). The number of carbonyl (C=O) groups excluding carboxylic acids is 1. The van der Waals surface area contributed by atoms with Crippen LogP contribution < -0.4 is 11.1 Å². The van der Waals surface area contributed by atoms with Crippen molar-refractivity contribution in [1.29, 1.82) is 0 Å². The fraction of sp³-hybridized carbons (Fsp3) is 0.240. The van der Waals surface area contributed by atoms with Crippen LogP contribution in [-0.2, 0) is 26.1 Å². The zero-order valence-corrected chi connectivity index (χ0v) is 18.9. The summed E-state index contributed by atoms with van der Waals surface area (Å²) in [5.74, 6) is 0.387. The molecular formula is C25H26ClN5OS. The van der Waals surface area contributed by atoms with Crippen molar-refractivity contribution in [2.24, 2.45) is 0 Å². The SMILES string of the molecule is C.Nc1nccc2cc(CNC(=O)c3cc(Cl)c(CN4CCc5ccncc5C4)s3)ccc12. The predicted molar refractivity (Wildman–Crippen MR) is 135 cm³/mol. The lowest BCUT2D eigenvalue weighted by Crippen LogP contribution is -2.29. The van der Waals surface area contributed by atoms with E-state index in [4.69, 9.17) is 17.3 Å². The summed E-state index contributed by atoms with van der Waals surface area (Å²) in [5, 5.41) is 5.55. The molecule has 0 aliphatic carbocycles. The number of hydrogen-bond acceptors (Lipinski definition) is 6.